The number of fused-ring (bicyclic) bond motifs is 1. The fraction of sp³-hybridized carbons (Fsp3) is 0.400. The second kappa shape index (κ2) is 3.69. The fourth-order valence-electron chi connectivity index (χ4n) is 1.99. The average Bonchev–Trinajstić information content (AvgIpc) is 2.74. The number of nitrogens with zero attached hydrogens (tertiary/aromatic N) is 5. The van der Waals surface area contributed by atoms with Crippen molar-refractivity contribution >= 4 is 5.82 Å². The van der Waals surface area contributed by atoms with Crippen LogP contribution in [0.3, 0.4) is 0 Å². The SMILES string of the molecule is Cc1nc(N2CCn3cnnc3C2)cc(=O)[nH]1. The zero-order chi connectivity index (χ0) is 11.8. The van der Waals surface area contributed by atoms with E-state index in [1.807, 2.05) is 9.47 Å². The molecule has 0 unspecified atom stereocenters. The number of aromatic amines is 1. The summed E-state index contributed by atoms with van der Waals surface area (Å²) in [6, 6.07) is 1.51. The van der Waals surface area contributed by atoms with E-state index in [1.54, 1.807) is 13.3 Å². The first kappa shape index (κ1) is 10.0. The van der Waals surface area contributed by atoms with Crippen LogP contribution in [0.1, 0.15) is 11.6 Å². The van der Waals surface area contributed by atoms with Gasteiger partial charge in [0, 0.05) is 19.2 Å². The number of aryl methyl sites for hydroxylation is 1. The van der Waals surface area contributed by atoms with Crippen molar-refractivity contribution in [3.8, 4) is 0 Å². The Morgan fingerprint density at radius 1 is 1.41 bits per heavy atom. The van der Waals surface area contributed by atoms with Crippen molar-refractivity contribution < 1.29 is 0 Å². The molecule has 0 fully saturated rings. The summed E-state index contributed by atoms with van der Waals surface area (Å²) in [4.78, 5) is 20.4. The van der Waals surface area contributed by atoms with Crippen LogP contribution in [-0.4, -0.2) is 31.3 Å². The first-order valence-electron chi connectivity index (χ1n) is 5.42. The summed E-state index contributed by atoms with van der Waals surface area (Å²) in [7, 11) is 0. The molecule has 7 nitrogen and oxygen atoms in total. The Balaban J connectivity index is 1.94. The molecule has 0 atom stereocenters. The Morgan fingerprint density at radius 3 is 3.12 bits per heavy atom. The molecule has 17 heavy (non-hydrogen) atoms. The maximum absolute atomic E-state index is 11.4. The number of H-pyrrole nitrogens is 1. The molecule has 7 heteroatoms. The van der Waals surface area contributed by atoms with Crippen molar-refractivity contribution in [1.82, 2.24) is 24.7 Å². The van der Waals surface area contributed by atoms with E-state index in [0.29, 0.717) is 18.2 Å². The van der Waals surface area contributed by atoms with Gasteiger partial charge in [-0.1, -0.05) is 0 Å². The maximum Gasteiger partial charge on any atom is 0.252 e. The van der Waals surface area contributed by atoms with Crippen LogP contribution in [0.4, 0.5) is 5.82 Å². The lowest BCUT2D eigenvalue weighted by Gasteiger charge is -2.27. The first-order valence-corrected chi connectivity index (χ1v) is 5.42. The summed E-state index contributed by atoms with van der Waals surface area (Å²) < 4.78 is 2.01. The molecule has 0 aromatic carbocycles. The third-order valence-corrected chi connectivity index (χ3v) is 2.81. The second-order valence-corrected chi connectivity index (χ2v) is 4.05. The number of rotatable bonds is 1. The van der Waals surface area contributed by atoms with Gasteiger partial charge in [0.1, 0.15) is 18.0 Å². The summed E-state index contributed by atoms with van der Waals surface area (Å²) in [5.74, 6) is 2.22. The number of nitrogens with one attached hydrogen (secondary N) is 1. The smallest absolute Gasteiger partial charge is 0.252 e. The van der Waals surface area contributed by atoms with E-state index in [-0.39, 0.29) is 5.56 Å². The highest BCUT2D eigenvalue weighted by Crippen LogP contribution is 2.15. The first-order chi connectivity index (χ1) is 8.22. The highest BCUT2D eigenvalue weighted by molar-refractivity contribution is 5.38. The Kier molecular flexibility index (Phi) is 2.17. The van der Waals surface area contributed by atoms with Crippen LogP contribution in [0.25, 0.3) is 0 Å². The number of hydrogen-bond donors (Lipinski definition) is 1. The summed E-state index contributed by atoms with van der Waals surface area (Å²) in [5, 5.41) is 7.90. The molecule has 1 aliphatic heterocycles. The zero-order valence-electron chi connectivity index (χ0n) is 9.42. The molecule has 0 saturated carbocycles. The van der Waals surface area contributed by atoms with E-state index >= 15 is 0 Å². The van der Waals surface area contributed by atoms with Gasteiger partial charge in [-0.05, 0) is 6.92 Å². The van der Waals surface area contributed by atoms with Crippen molar-refractivity contribution in [2.75, 3.05) is 11.4 Å². The van der Waals surface area contributed by atoms with Gasteiger partial charge in [-0.15, -0.1) is 10.2 Å². The lowest BCUT2D eigenvalue weighted by atomic mass is 10.3. The largest absolute Gasteiger partial charge is 0.347 e. The van der Waals surface area contributed by atoms with E-state index in [9.17, 15) is 4.79 Å². The summed E-state index contributed by atoms with van der Waals surface area (Å²) in [6.07, 6.45) is 1.73. The standard InChI is InChI=1S/C10H12N6O/c1-7-12-8(4-10(17)13-7)15-2-3-16-6-11-14-9(16)5-15/h4,6H,2-3,5H2,1H3,(H,12,13,17). The molecule has 0 saturated heterocycles. The van der Waals surface area contributed by atoms with Gasteiger partial charge in [-0.25, -0.2) is 4.98 Å². The molecule has 1 N–H and O–H groups in total. The minimum absolute atomic E-state index is 0.125. The molecule has 2 aromatic heterocycles. The third-order valence-electron chi connectivity index (χ3n) is 2.81. The van der Waals surface area contributed by atoms with Crippen molar-refractivity contribution in [1.29, 1.82) is 0 Å². The van der Waals surface area contributed by atoms with Gasteiger partial charge in [-0.2, -0.15) is 0 Å². The van der Waals surface area contributed by atoms with Crippen molar-refractivity contribution in [2.24, 2.45) is 0 Å². The highest BCUT2D eigenvalue weighted by atomic mass is 16.1. The summed E-state index contributed by atoms with van der Waals surface area (Å²) in [6.45, 7) is 4.03. The summed E-state index contributed by atoms with van der Waals surface area (Å²) >= 11 is 0. The van der Waals surface area contributed by atoms with Crippen molar-refractivity contribution in [3.63, 3.8) is 0 Å². The molecule has 0 aliphatic carbocycles. The number of hydrogen-bond acceptors (Lipinski definition) is 5. The van der Waals surface area contributed by atoms with Gasteiger partial charge in [0.2, 0.25) is 0 Å². The molecule has 0 spiro atoms. The molecular weight excluding hydrogens is 220 g/mol. The van der Waals surface area contributed by atoms with E-state index < -0.39 is 0 Å². The number of anilines is 1. The number of aromatic nitrogens is 5. The lowest BCUT2D eigenvalue weighted by molar-refractivity contribution is 0.555. The Morgan fingerprint density at radius 2 is 2.29 bits per heavy atom. The van der Waals surface area contributed by atoms with Crippen LogP contribution >= 0.6 is 0 Å². The van der Waals surface area contributed by atoms with E-state index in [1.165, 1.54) is 6.07 Å². The second-order valence-electron chi connectivity index (χ2n) is 4.05. The topological polar surface area (TPSA) is 79.7 Å². The van der Waals surface area contributed by atoms with Gasteiger partial charge >= 0.3 is 0 Å². The third kappa shape index (κ3) is 1.79. The molecule has 0 amide bonds. The van der Waals surface area contributed by atoms with Crippen LogP contribution in [0.15, 0.2) is 17.2 Å². The van der Waals surface area contributed by atoms with Gasteiger partial charge in [0.25, 0.3) is 5.56 Å². The molecule has 2 aromatic rings. The quantitative estimate of drug-likeness (QED) is 0.729. The molecule has 3 heterocycles. The zero-order valence-corrected chi connectivity index (χ0v) is 9.42. The Bertz CT molecular complexity index is 601. The van der Waals surface area contributed by atoms with Crippen LogP contribution in [-0.2, 0) is 13.1 Å². The normalized spacial score (nSPS) is 14.8. The fourth-order valence-corrected chi connectivity index (χ4v) is 1.99. The predicted octanol–water partition coefficient (Wildman–Crippen LogP) is -0.310. The molecule has 1 aliphatic rings. The minimum Gasteiger partial charge on any atom is -0.347 e. The Labute approximate surface area is 97.1 Å². The predicted molar refractivity (Wildman–Crippen MR) is 60.7 cm³/mol. The molecular formula is C10H12N6O. The van der Waals surface area contributed by atoms with Crippen LogP contribution in [0, 0.1) is 6.92 Å². The lowest BCUT2D eigenvalue weighted by Crippen LogP contribution is -2.35. The Hall–Kier alpha value is -2.18. The van der Waals surface area contributed by atoms with E-state index in [0.717, 1.165) is 18.9 Å². The van der Waals surface area contributed by atoms with Crippen LogP contribution in [0.5, 0.6) is 0 Å². The van der Waals surface area contributed by atoms with Crippen molar-refractivity contribution in [3.05, 3.63) is 34.4 Å². The molecule has 0 bridgehead atoms. The minimum atomic E-state index is -0.125. The van der Waals surface area contributed by atoms with Gasteiger partial charge in [-0.3, -0.25) is 4.79 Å². The monoisotopic (exact) mass is 232 g/mol. The van der Waals surface area contributed by atoms with Crippen molar-refractivity contribution in [2.45, 2.75) is 20.0 Å². The maximum atomic E-state index is 11.4. The summed E-state index contributed by atoms with van der Waals surface area (Å²) in [5.41, 5.74) is -0.125. The van der Waals surface area contributed by atoms with E-state index in [4.69, 9.17) is 0 Å². The van der Waals surface area contributed by atoms with Crippen LogP contribution < -0.4 is 10.5 Å². The van der Waals surface area contributed by atoms with Gasteiger partial charge < -0.3 is 14.5 Å². The molecule has 88 valence electrons. The molecule has 3 rings (SSSR count). The molecule has 0 radical (unpaired) electrons. The average molecular weight is 232 g/mol. The van der Waals surface area contributed by atoms with Gasteiger partial charge in [0.05, 0.1) is 6.54 Å². The highest BCUT2D eigenvalue weighted by Gasteiger charge is 2.18. The van der Waals surface area contributed by atoms with Crippen LogP contribution in [0.2, 0.25) is 0 Å². The van der Waals surface area contributed by atoms with E-state index in [2.05, 4.69) is 20.2 Å². The van der Waals surface area contributed by atoms with Gasteiger partial charge in [0.15, 0.2) is 5.82 Å².